The number of aryl methyl sites for hydroxylation is 1. The summed E-state index contributed by atoms with van der Waals surface area (Å²) < 4.78 is 5.32. The van der Waals surface area contributed by atoms with E-state index in [1.807, 2.05) is 28.9 Å². The number of rotatable bonds is 5. The largest absolute Gasteiger partial charge is 0.496 e. The Hall–Kier alpha value is -2.04. The van der Waals surface area contributed by atoms with Gasteiger partial charge < -0.3 is 14.5 Å². The Morgan fingerprint density at radius 2 is 1.73 bits per heavy atom. The maximum absolute atomic E-state index is 12.7. The van der Waals surface area contributed by atoms with Crippen molar-refractivity contribution in [2.24, 2.45) is 5.92 Å². The Morgan fingerprint density at radius 3 is 2.38 bits per heavy atom. The zero-order valence-electron chi connectivity index (χ0n) is 16.0. The molecule has 1 aliphatic heterocycles. The molecule has 5 nitrogen and oxygen atoms in total. The van der Waals surface area contributed by atoms with Gasteiger partial charge in [0.05, 0.1) is 7.11 Å². The van der Waals surface area contributed by atoms with Gasteiger partial charge in [-0.2, -0.15) is 0 Å². The second-order valence-electron chi connectivity index (χ2n) is 7.55. The summed E-state index contributed by atoms with van der Waals surface area (Å²) in [5, 5.41) is 0. The number of hydrogen-bond acceptors (Lipinski definition) is 3. The van der Waals surface area contributed by atoms with Gasteiger partial charge in [0.15, 0.2) is 0 Å². The molecule has 3 rings (SSSR count). The van der Waals surface area contributed by atoms with Gasteiger partial charge in [-0.05, 0) is 37.0 Å². The minimum Gasteiger partial charge on any atom is -0.496 e. The number of methoxy groups -OCH3 is 1. The molecule has 0 N–H and O–H groups in total. The first kappa shape index (κ1) is 18.7. The van der Waals surface area contributed by atoms with Crippen molar-refractivity contribution < 1.29 is 14.3 Å². The maximum atomic E-state index is 12.7. The van der Waals surface area contributed by atoms with Gasteiger partial charge in [0.2, 0.25) is 5.91 Å². The Kier molecular flexibility index (Phi) is 6.17. The molecule has 0 radical (unpaired) electrons. The Labute approximate surface area is 156 Å². The van der Waals surface area contributed by atoms with Crippen LogP contribution < -0.4 is 4.74 Å². The van der Waals surface area contributed by atoms with Crippen LogP contribution in [0.3, 0.4) is 0 Å². The molecule has 1 aromatic carbocycles. The fourth-order valence-electron chi connectivity index (χ4n) is 4.08. The fourth-order valence-corrected chi connectivity index (χ4v) is 4.08. The molecular weight excluding hydrogens is 328 g/mol. The van der Waals surface area contributed by atoms with E-state index in [9.17, 15) is 9.59 Å². The Morgan fingerprint density at radius 1 is 1.08 bits per heavy atom. The first-order chi connectivity index (χ1) is 12.6. The van der Waals surface area contributed by atoms with Crippen LogP contribution in [0, 0.1) is 12.8 Å². The summed E-state index contributed by atoms with van der Waals surface area (Å²) in [5.41, 5.74) is 1.66. The lowest BCUT2D eigenvalue weighted by Crippen LogP contribution is -2.50. The van der Waals surface area contributed by atoms with E-state index in [1.54, 1.807) is 13.2 Å². The van der Waals surface area contributed by atoms with Crippen LogP contribution >= 0.6 is 0 Å². The molecule has 142 valence electrons. The number of amides is 2. The summed E-state index contributed by atoms with van der Waals surface area (Å²) in [6.07, 6.45) is 6.91. The lowest BCUT2D eigenvalue weighted by Gasteiger charge is -2.35. The average Bonchev–Trinajstić information content (AvgIpc) is 3.19. The van der Waals surface area contributed by atoms with E-state index in [4.69, 9.17) is 4.74 Å². The zero-order chi connectivity index (χ0) is 18.5. The van der Waals surface area contributed by atoms with Gasteiger partial charge in [0.25, 0.3) is 5.91 Å². The van der Waals surface area contributed by atoms with Crippen molar-refractivity contribution in [3.8, 4) is 5.75 Å². The third-order valence-electron chi connectivity index (χ3n) is 5.82. The lowest BCUT2D eigenvalue weighted by atomic mass is 10.0. The van der Waals surface area contributed by atoms with Crippen molar-refractivity contribution in [1.82, 2.24) is 9.80 Å². The number of benzene rings is 1. The third kappa shape index (κ3) is 4.37. The van der Waals surface area contributed by atoms with E-state index in [0.29, 0.717) is 38.2 Å². The predicted octanol–water partition coefficient (Wildman–Crippen LogP) is 3.26. The molecule has 5 heteroatoms. The Bertz CT molecular complexity index is 645. The van der Waals surface area contributed by atoms with E-state index in [1.165, 1.54) is 25.7 Å². The molecule has 2 amide bonds. The van der Waals surface area contributed by atoms with Crippen LogP contribution in [0.5, 0.6) is 5.75 Å². The third-order valence-corrected chi connectivity index (χ3v) is 5.82. The summed E-state index contributed by atoms with van der Waals surface area (Å²) in [7, 11) is 1.62. The summed E-state index contributed by atoms with van der Waals surface area (Å²) >= 11 is 0. The zero-order valence-corrected chi connectivity index (χ0v) is 16.0. The van der Waals surface area contributed by atoms with E-state index in [-0.39, 0.29) is 11.8 Å². The number of ether oxygens (including phenoxy) is 1. The van der Waals surface area contributed by atoms with Crippen molar-refractivity contribution in [3.05, 3.63) is 29.3 Å². The van der Waals surface area contributed by atoms with Gasteiger partial charge >= 0.3 is 0 Å². The number of hydrogen-bond donors (Lipinski definition) is 0. The average molecular weight is 358 g/mol. The van der Waals surface area contributed by atoms with Crippen LogP contribution in [0.2, 0.25) is 0 Å². The SMILES string of the molecule is COc1cc(C(=O)N2CCN(C(=O)CCC3CCCC3)CC2)ccc1C. The van der Waals surface area contributed by atoms with Crippen LogP contribution in [-0.4, -0.2) is 54.9 Å². The highest BCUT2D eigenvalue weighted by atomic mass is 16.5. The smallest absolute Gasteiger partial charge is 0.254 e. The molecule has 0 atom stereocenters. The standard InChI is InChI=1S/C21H30N2O3/c1-16-7-9-18(15-19(16)26-2)21(25)23-13-11-22(12-14-23)20(24)10-8-17-5-3-4-6-17/h7,9,15,17H,3-6,8,10-14H2,1-2H3. The molecule has 0 bridgehead atoms. The molecule has 0 spiro atoms. The van der Waals surface area contributed by atoms with Crippen LogP contribution in [0.25, 0.3) is 0 Å². The number of carbonyl (C=O) groups is 2. The molecule has 2 fully saturated rings. The number of piperazine rings is 1. The molecule has 1 aromatic rings. The van der Waals surface area contributed by atoms with Gasteiger partial charge in [-0.3, -0.25) is 9.59 Å². The highest BCUT2D eigenvalue weighted by Crippen LogP contribution is 2.28. The highest BCUT2D eigenvalue weighted by Gasteiger charge is 2.26. The van der Waals surface area contributed by atoms with E-state index in [0.717, 1.165) is 23.7 Å². The number of nitrogens with zero attached hydrogens (tertiary/aromatic N) is 2. The first-order valence-electron chi connectivity index (χ1n) is 9.80. The molecule has 1 aliphatic carbocycles. The van der Waals surface area contributed by atoms with Gasteiger partial charge in [-0.15, -0.1) is 0 Å². The molecule has 1 saturated carbocycles. The quantitative estimate of drug-likeness (QED) is 0.812. The Balaban J connectivity index is 1.49. The second-order valence-corrected chi connectivity index (χ2v) is 7.55. The van der Waals surface area contributed by atoms with Crippen molar-refractivity contribution in [2.45, 2.75) is 45.4 Å². The molecule has 26 heavy (non-hydrogen) atoms. The van der Waals surface area contributed by atoms with Crippen molar-refractivity contribution in [1.29, 1.82) is 0 Å². The first-order valence-corrected chi connectivity index (χ1v) is 9.80. The molecular formula is C21H30N2O3. The summed E-state index contributed by atoms with van der Waals surface area (Å²) in [4.78, 5) is 28.9. The van der Waals surface area contributed by atoms with Gasteiger partial charge in [-0.1, -0.05) is 31.7 Å². The van der Waals surface area contributed by atoms with Gasteiger partial charge in [-0.25, -0.2) is 0 Å². The van der Waals surface area contributed by atoms with Crippen molar-refractivity contribution in [2.75, 3.05) is 33.3 Å². The summed E-state index contributed by atoms with van der Waals surface area (Å²) in [6.45, 7) is 4.44. The maximum Gasteiger partial charge on any atom is 0.254 e. The second kappa shape index (κ2) is 8.56. The monoisotopic (exact) mass is 358 g/mol. The van der Waals surface area contributed by atoms with E-state index >= 15 is 0 Å². The fraction of sp³-hybridized carbons (Fsp3) is 0.619. The van der Waals surface area contributed by atoms with Gasteiger partial charge in [0.1, 0.15) is 5.75 Å². The van der Waals surface area contributed by atoms with E-state index in [2.05, 4.69) is 0 Å². The van der Waals surface area contributed by atoms with Crippen molar-refractivity contribution in [3.63, 3.8) is 0 Å². The van der Waals surface area contributed by atoms with Crippen LogP contribution in [0.4, 0.5) is 0 Å². The predicted molar refractivity (Wildman–Crippen MR) is 101 cm³/mol. The normalized spacial score (nSPS) is 18.2. The molecule has 2 aliphatic rings. The minimum absolute atomic E-state index is 0.0151. The van der Waals surface area contributed by atoms with Crippen LogP contribution in [0.1, 0.15) is 54.4 Å². The topological polar surface area (TPSA) is 49.9 Å². The summed E-state index contributed by atoms with van der Waals surface area (Å²) in [5.74, 6) is 1.75. The molecule has 1 saturated heterocycles. The highest BCUT2D eigenvalue weighted by molar-refractivity contribution is 5.95. The van der Waals surface area contributed by atoms with Crippen LogP contribution in [0.15, 0.2) is 18.2 Å². The van der Waals surface area contributed by atoms with E-state index < -0.39 is 0 Å². The molecule has 0 aromatic heterocycles. The molecule has 0 unspecified atom stereocenters. The van der Waals surface area contributed by atoms with Gasteiger partial charge in [0, 0.05) is 38.2 Å². The number of carbonyl (C=O) groups excluding carboxylic acids is 2. The molecule has 1 heterocycles. The summed E-state index contributed by atoms with van der Waals surface area (Å²) in [6, 6.07) is 5.56. The van der Waals surface area contributed by atoms with Crippen molar-refractivity contribution >= 4 is 11.8 Å². The minimum atomic E-state index is 0.0151. The van der Waals surface area contributed by atoms with Crippen LogP contribution in [-0.2, 0) is 4.79 Å². The lowest BCUT2D eigenvalue weighted by molar-refractivity contribution is -0.133.